The first-order valence-electron chi connectivity index (χ1n) is 9.89. The van der Waals surface area contributed by atoms with Crippen LogP contribution >= 0.6 is 0 Å². The smallest absolute Gasteiger partial charge is 0.383 e. The summed E-state index contributed by atoms with van der Waals surface area (Å²) in [6.07, 6.45) is -4.49. The summed E-state index contributed by atoms with van der Waals surface area (Å²) in [6, 6.07) is 13.5. The molecule has 0 aliphatic heterocycles. The van der Waals surface area contributed by atoms with Crippen molar-refractivity contribution in [1.82, 2.24) is 9.78 Å². The molecule has 0 aliphatic rings. The van der Waals surface area contributed by atoms with Gasteiger partial charge in [0.1, 0.15) is 23.1 Å². The zero-order valence-electron chi connectivity index (χ0n) is 17.7. The molecule has 1 heterocycles. The van der Waals surface area contributed by atoms with Crippen molar-refractivity contribution in [3.8, 4) is 17.3 Å². The highest BCUT2D eigenvalue weighted by molar-refractivity contribution is 5.95. The van der Waals surface area contributed by atoms with Gasteiger partial charge in [-0.2, -0.15) is 23.5 Å². The number of nitrogen functional groups attached to an aromatic ring is 1. The van der Waals surface area contributed by atoms with Crippen LogP contribution in [0.3, 0.4) is 0 Å². The van der Waals surface area contributed by atoms with Crippen LogP contribution < -0.4 is 11.1 Å². The van der Waals surface area contributed by atoms with Gasteiger partial charge < -0.3 is 11.1 Å². The Morgan fingerprint density at radius 1 is 1.16 bits per heavy atom. The zero-order chi connectivity index (χ0) is 23.6. The fraction of sp³-hybridized carbons (Fsp3) is 0.261. The predicted octanol–water partition coefficient (Wildman–Crippen LogP) is 5.35. The number of nitrogens with zero attached hydrogens (tertiary/aromatic N) is 3. The van der Waals surface area contributed by atoms with E-state index in [4.69, 9.17) is 5.73 Å². The van der Waals surface area contributed by atoms with E-state index in [1.165, 1.54) is 12.1 Å². The number of halogens is 3. The third kappa shape index (κ3) is 4.59. The van der Waals surface area contributed by atoms with Crippen LogP contribution in [0.25, 0.3) is 11.3 Å². The molecule has 0 fully saturated rings. The Bertz CT molecular complexity index is 1170. The third-order valence-corrected chi connectivity index (χ3v) is 5.08. The monoisotopic (exact) mass is 441 g/mol. The average molecular weight is 441 g/mol. The maximum Gasteiger partial charge on any atom is 0.416 e. The highest BCUT2D eigenvalue weighted by Gasteiger charge is 2.30. The molecule has 3 rings (SSSR count). The van der Waals surface area contributed by atoms with Gasteiger partial charge >= 0.3 is 6.18 Å². The lowest BCUT2D eigenvalue weighted by Gasteiger charge is -2.14. The standard InChI is InChI=1S/C23H22F3N5O/c1-13(2)31-21(28)19(12-27)20(30-31)16-9-7-15(8-10-16)14(3)22(32)29-18-6-4-5-17(11-18)23(24,25)26/h4-11,13-14H,28H2,1-3H3,(H,29,32). The van der Waals surface area contributed by atoms with Gasteiger partial charge in [0.25, 0.3) is 0 Å². The van der Waals surface area contributed by atoms with E-state index in [1.807, 2.05) is 13.8 Å². The molecule has 1 atom stereocenters. The first kappa shape index (κ1) is 22.9. The van der Waals surface area contributed by atoms with Crippen molar-refractivity contribution < 1.29 is 18.0 Å². The summed E-state index contributed by atoms with van der Waals surface area (Å²) < 4.78 is 40.2. The molecule has 2 aromatic carbocycles. The Hall–Kier alpha value is -3.80. The quantitative estimate of drug-likeness (QED) is 0.558. The molecule has 0 spiro atoms. The Morgan fingerprint density at radius 2 is 1.81 bits per heavy atom. The van der Waals surface area contributed by atoms with E-state index in [9.17, 15) is 23.2 Å². The molecule has 6 nitrogen and oxygen atoms in total. The van der Waals surface area contributed by atoms with Crippen LogP contribution in [0, 0.1) is 11.3 Å². The summed E-state index contributed by atoms with van der Waals surface area (Å²) in [5.41, 5.74) is 7.33. The van der Waals surface area contributed by atoms with Gasteiger partial charge in [-0.25, -0.2) is 4.68 Å². The molecular formula is C23H22F3N5O. The number of nitrogens with two attached hydrogens (primary N) is 1. The number of aromatic nitrogens is 2. The molecule has 1 amide bonds. The van der Waals surface area contributed by atoms with Crippen LogP contribution in [-0.4, -0.2) is 15.7 Å². The second kappa shape index (κ2) is 8.75. The summed E-state index contributed by atoms with van der Waals surface area (Å²) in [6.45, 7) is 5.47. The van der Waals surface area contributed by atoms with Crippen molar-refractivity contribution in [2.75, 3.05) is 11.1 Å². The topological polar surface area (TPSA) is 96.7 Å². The number of anilines is 2. The van der Waals surface area contributed by atoms with Crippen LogP contribution in [0.5, 0.6) is 0 Å². The van der Waals surface area contributed by atoms with E-state index in [0.717, 1.165) is 12.1 Å². The number of nitrogens with one attached hydrogen (secondary N) is 1. The fourth-order valence-corrected chi connectivity index (χ4v) is 3.26. The molecule has 3 N–H and O–H groups in total. The van der Waals surface area contributed by atoms with Gasteiger partial charge in [-0.1, -0.05) is 30.3 Å². The van der Waals surface area contributed by atoms with Crippen LogP contribution in [-0.2, 0) is 11.0 Å². The SMILES string of the molecule is CC(C(=O)Nc1cccc(C(F)(F)F)c1)c1ccc(-c2nn(C(C)C)c(N)c2C#N)cc1. The van der Waals surface area contributed by atoms with Crippen LogP contribution in [0.1, 0.15) is 49.4 Å². The Balaban J connectivity index is 1.80. The molecule has 0 saturated heterocycles. The lowest BCUT2D eigenvalue weighted by Crippen LogP contribution is -2.19. The average Bonchev–Trinajstić information content (AvgIpc) is 3.09. The Morgan fingerprint density at radius 3 is 2.38 bits per heavy atom. The van der Waals surface area contributed by atoms with Crippen LogP contribution in [0.4, 0.5) is 24.7 Å². The minimum absolute atomic E-state index is 0.0188. The number of carbonyl (C=O) groups is 1. The molecule has 32 heavy (non-hydrogen) atoms. The van der Waals surface area contributed by atoms with Crippen molar-refractivity contribution in [2.24, 2.45) is 0 Å². The van der Waals surface area contributed by atoms with Crippen molar-refractivity contribution in [3.05, 3.63) is 65.2 Å². The van der Waals surface area contributed by atoms with Crippen molar-refractivity contribution >= 4 is 17.4 Å². The van der Waals surface area contributed by atoms with Gasteiger partial charge in [0.15, 0.2) is 0 Å². The minimum atomic E-state index is -4.49. The molecular weight excluding hydrogens is 419 g/mol. The number of hydrogen-bond acceptors (Lipinski definition) is 4. The first-order chi connectivity index (χ1) is 15.0. The van der Waals surface area contributed by atoms with Gasteiger partial charge in [0, 0.05) is 17.3 Å². The number of carbonyl (C=O) groups excluding carboxylic acids is 1. The van der Waals surface area contributed by atoms with E-state index in [1.54, 1.807) is 35.9 Å². The van der Waals surface area contributed by atoms with Gasteiger partial charge in [0.2, 0.25) is 5.91 Å². The normalized spacial score (nSPS) is 12.4. The molecule has 166 valence electrons. The number of hydrogen-bond donors (Lipinski definition) is 2. The van der Waals surface area contributed by atoms with Crippen LogP contribution in [0.15, 0.2) is 48.5 Å². The van der Waals surface area contributed by atoms with E-state index in [-0.39, 0.29) is 23.1 Å². The highest BCUT2D eigenvalue weighted by atomic mass is 19.4. The molecule has 0 bridgehead atoms. The van der Waals surface area contributed by atoms with Crippen molar-refractivity contribution in [1.29, 1.82) is 5.26 Å². The number of benzene rings is 2. The van der Waals surface area contributed by atoms with Crippen LogP contribution in [0.2, 0.25) is 0 Å². The lowest BCUT2D eigenvalue weighted by molar-refractivity contribution is -0.137. The fourth-order valence-electron chi connectivity index (χ4n) is 3.26. The Kier molecular flexibility index (Phi) is 6.25. The maximum atomic E-state index is 12.9. The van der Waals surface area contributed by atoms with E-state index in [0.29, 0.717) is 16.8 Å². The summed E-state index contributed by atoms with van der Waals surface area (Å²) in [5, 5.41) is 16.4. The van der Waals surface area contributed by atoms with E-state index < -0.39 is 23.6 Å². The van der Waals surface area contributed by atoms with E-state index in [2.05, 4.69) is 16.5 Å². The Labute approximate surface area is 183 Å². The lowest BCUT2D eigenvalue weighted by atomic mass is 9.97. The molecule has 0 radical (unpaired) electrons. The zero-order valence-corrected chi connectivity index (χ0v) is 17.7. The molecule has 1 aromatic heterocycles. The van der Waals surface area contributed by atoms with Gasteiger partial charge in [-0.05, 0) is 44.5 Å². The maximum absolute atomic E-state index is 12.9. The van der Waals surface area contributed by atoms with Gasteiger partial charge in [-0.3, -0.25) is 4.79 Å². The number of amides is 1. The molecule has 3 aromatic rings. The number of nitriles is 1. The first-order valence-corrected chi connectivity index (χ1v) is 9.89. The summed E-state index contributed by atoms with van der Waals surface area (Å²) in [7, 11) is 0. The van der Waals surface area contributed by atoms with Crippen molar-refractivity contribution in [3.63, 3.8) is 0 Å². The molecule has 1 unspecified atom stereocenters. The highest BCUT2D eigenvalue weighted by Crippen LogP contribution is 2.32. The van der Waals surface area contributed by atoms with Gasteiger partial charge in [-0.15, -0.1) is 0 Å². The minimum Gasteiger partial charge on any atom is -0.383 e. The summed E-state index contributed by atoms with van der Waals surface area (Å²) in [4.78, 5) is 12.6. The number of alkyl halides is 3. The molecule has 0 aliphatic carbocycles. The number of rotatable bonds is 5. The van der Waals surface area contributed by atoms with E-state index >= 15 is 0 Å². The molecule has 0 saturated carbocycles. The van der Waals surface area contributed by atoms with Crippen molar-refractivity contribution in [2.45, 2.75) is 38.9 Å². The largest absolute Gasteiger partial charge is 0.416 e. The third-order valence-electron chi connectivity index (χ3n) is 5.08. The molecule has 9 heteroatoms. The predicted molar refractivity (Wildman–Crippen MR) is 116 cm³/mol. The van der Waals surface area contributed by atoms with Gasteiger partial charge in [0.05, 0.1) is 11.5 Å². The second-order valence-electron chi connectivity index (χ2n) is 7.67. The summed E-state index contributed by atoms with van der Waals surface area (Å²) >= 11 is 0. The summed E-state index contributed by atoms with van der Waals surface area (Å²) in [5.74, 6) is -0.772. The second-order valence-corrected chi connectivity index (χ2v) is 7.67.